The fourth-order valence-electron chi connectivity index (χ4n) is 2.01. The topological polar surface area (TPSA) is 29.1 Å². The largest absolute Gasteiger partial charge is 0.349 e. The van der Waals surface area contributed by atoms with Gasteiger partial charge in [0.15, 0.2) is 0 Å². The third-order valence-electron chi connectivity index (χ3n) is 2.87. The van der Waals surface area contributed by atoms with Gasteiger partial charge in [0.25, 0.3) is 5.91 Å². The molecule has 1 aromatic rings. The summed E-state index contributed by atoms with van der Waals surface area (Å²) in [6.45, 7) is 0. The van der Waals surface area contributed by atoms with Gasteiger partial charge in [-0.25, -0.2) is 0 Å². The summed E-state index contributed by atoms with van der Waals surface area (Å²) in [6, 6.07) is 5.64. The summed E-state index contributed by atoms with van der Waals surface area (Å²) < 4.78 is 0.884. The maximum atomic E-state index is 11.9. The Morgan fingerprint density at radius 1 is 1.38 bits per heavy atom. The van der Waals surface area contributed by atoms with Crippen LogP contribution in [0.4, 0.5) is 0 Å². The third-order valence-corrected chi connectivity index (χ3v) is 3.67. The molecule has 0 saturated heterocycles. The Hall–Kier alpha value is -0.540. The van der Waals surface area contributed by atoms with E-state index in [2.05, 4.69) is 21.2 Å². The number of amides is 1. The number of halogens is 2. The van der Waals surface area contributed by atoms with E-state index in [-0.39, 0.29) is 5.91 Å². The van der Waals surface area contributed by atoms with E-state index in [4.69, 9.17) is 11.6 Å². The molecule has 0 heterocycles. The molecule has 0 bridgehead atoms. The number of benzene rings is 1. The van der Waals surface area contributed by atoms with Gasteiger partial charge in [-0.1, -0.05) is 40.4 Å². The van der Waals surface area contributed by atoms with Gasteiger partial charge in [0, 0.05) is 10.5 Å². The third kappa shape index (κ3) is 2.77. The van der Waals surface area contributed by atoms with Crippen molar-refractivity contribution in [1.82, 2.24) is 5.32 Å². The zero-order chi connectivity index (χ0) is 11.5. The van der Waals surface area contributed by atoms with Crippen molar-refractivity contribution in [2.75, 3.05) is 0 Å². The second-order valence-corrected chi connectivity index (χ2v) is 5.40. The van der Waals surface area contributed by atoms with Crippen LogP contribution in [0.25, 0.3) is 0 Å². The molecule has 1 saturated carbocycles. The maximum absolute atomic E-state index is 11.9. The first-order valence-corrected chi connectivity index (χ1v) is 6.60. The first-order chi connectivity index (χ1) is 7.66. The van der Waals surface area contributed by atoms with Crippen molar-refractivity contribution in [3.8, 4) is 0 Å². The molecule has 4 heteroatoms. The Labute approximate surface area is 108 Å². The van der Waals surface area contributed by atoms with E-state index in [1.165, 1.54) is 12.8 Å². The van der Waals surface area contributed by atoms with Crippen LogP contribution in [0.15, 0.2) is 22.7 Å². The monoisotopic (exact) mass is 301 g/mol. The summed E-state index contributed by atoms with van der Waals surface area (Å²) in [5.74, 6) is -0.0654. The minimum absolute atomic E-state index is 0.0654. The number of nitrogens with one attached hydrogen (secondary N) is 1. The molecule has 86 valence electrons. The van der Waals surface area contributed by atoms with Crippen molar-refractivity contribution in [3.05, 3.63) is 33.3 Å². The first kappa shape index (κ1) is 11.9. The fourth-order valence-corrected chi connectivity index (χ4v) is 2.77. The average molecular weight is 303 g/mol. The Bertz CT molecular complexity index is 402. The Morgan fingerprint density at radius 3 is 2.69 bits per heavy atom. The first-order valence-electron chi connectivity index (χ1n) is 5.43. The summed E-state index contributed by atoms with van der Waals surface area (Å²) in [6.07, 6.45) is 4.58. The van der Waals surface area contributed by atoms with E-state index >= 15 is 0 Å². The molecule has 0 aromatic heterocycles. The number of hydrogen-bond acceptors (Lipinski definition) is 1. The molecule has 1 amide bonds. The van der Waals surface area contributed by atoms with Crippen LogP contribution in [0.3, 0.4) is 0 Å². The highest BCUT2D eigenvalue weighted by molar-refractivity contribution is 9.10. The molecule has 0 spiro atoms. The average Bonchev–Trinajstić information content (AvgIpc) is 2.70. The van der Waals surface area contributed by atoms with E-state index in [0.29, 0.717) is 16.6 Å². The molecule has 16 heavy (non-hydrogen) atoms. The number of carbonyl (C=O) groups is 1. The normalized spacial score (nSPS) is 16.4. The van der Waals surface area contributed by atoms with Gasteiger partial charge in [0.2, 0.25) is 0 Å². The highest BCUT2D eigenvalue weighted by Gasteiger charge is 2.19. The van der Waals surface area contributed by atoms with Crippen LogP contribution in [0.5, 0.6) is 0 Å². The molecule has 1 aliphatic rings. The van der Waals surface area contributed by atoms with Crippen LogP contribution in [-0.4, -0.2) is 11.9 Å². The van der Waals surface area contributed by atoms with Gasteiger partial charge < -0.3 is 5.32 Å². The molecule has 0 atom stereocenters. The lowest BCUT2D eigenvalue weighted by Gasteiger charge is -2.12. The van der Waals surface area contributed by atoms with Crippen LogP contribution in [-0.2, 0) is 0 Å². The zero-order valence-electron chi connectivity index (χ0n) is 8.80. The summed E-state index contributed by atoms with van der Waals surface area (Å²) >= 11 is 9.34. The van der Waals surface area contributed by atoms with Crippen molar-refractivity contribution in [2.45, 2.75) is 31.7 Å². The molecule has 1 N–H and O–H groups in total. The van der Waals surface area contributed by atoms with Gasteiger partial charge in [0.05, 0.1) is 10.6 Å². The molecular weight excluding hydrogens is 289 g/mol. The van der Waals surface area contributed by atoms with Crippen molar-refractivity contribution < 1.29 is 4.79 Å². The molecule has 2 nitrogen and oxygen atoms in total. The molecule has 2 rings (SSSR count). The lowest BCUT2D eigenvalue weighted by molar-refractivity contribution is 0.0938. The summed E-state index contributed by atoms with van der Waals surface area (Å²) in [7, 11) is 0. The molecule has 0 aliphatic heterocycles. The maximum Gasteiger partial charge on any atom is 0.253 e. The van der Waals surface area contributed by atoms with Crippen LogP contribution in [0.1, 0.15) is 36.0 Å². The summed E-state index contributed by atoms with van der Waals surface area (Å²) in [5.41, 5.74) is 0.553. The number of hydrogen-bond donors (Lipinski definition) is 1. The van der Waals surface area contributed by atoms with Crippen LogP contribution >= 0.6 is 27.5 Å². The number of rotatable bonds is 2. The molecule has 0 unspecified atom stereocenters. The van der Waals surface area contributed by atoms with Crippen LogP contribution in [0, 0.1) is 0 Å². The van der Waals surface area contributed by atoms with Gasteiger partial charge in [-0.3, -0.25) is 4.79 Å². The van der Waals surface area contributed by atoms with Crippen molar-refractivity contribution in [2.24, 2.45) is 0 Å². The van der Waals surface area contributed by atoms with Gasteiger partial charge >= 0.3 is 0 Å². The lowest BCUT2D eigenvalue weighted by Crippen LogP contribution is -2.32. The smallest absolute Gasteiger partial charge is 0.253 e. The Kier molecular flexibility index (Phi) is 3.87. The van der Waals surface area contributed by atoms with Crippen LogP contribution < -0.4 is 5.32 Å². The molecule has 0 radical (unpaired) electrons. The Morgan fingerprint density at radius 2 is 2.06 bits per heavy atom. The van der Waals surface area contributed by atoms with E-state index in [0.717, 1.165) is 17.3 Å². The Balaban J connectivity index is 2.08. The zero-order valence-corrected chi connectivity index (χ0v) is 11.1. The molecule has 1 aliphatic carbocycles. The molecular formula is C12H13BrClNO. The van der Waals surface area contributed by atoms with Crippen molar-refractivity contribution >= 4 is 33.4 Å². The van der Waals surface area contributed by atoms with Gasteiger partial charge in [-0.2, -0.15) is 0 Å². The SMILES string of the molecule is O=C(NC1CCCC1)c1ccc(Br)cc1Cl. The highest BCUT2D eigenvalue weighted by Crippen LogP contribution is 2.23. The van der Waals surface area contributed by atoms with E-state index < -0.39 is 0 Å². The van der Waals surface area contributed by atoms with Crippen molar-refractivity contribution in [1.29, 1.82) is 0 Å². The lowest BCUT2D eigenvalue weighted by atomic mass is 10.2. The van der Waals surface area contributed by atoms with E-state index in [1.807, 2.05) is 6.07 Å². The summed E-state index contributed by atoms with van der Waals surface area (Å²) in [4.78, 5) is 11.9. The van der Waals surface area contributed by atoms with Gasteiger partial charge in [-0.15, -0.1) is 0 Å². The predicted molar refractivity (Wildman–Crippen MR) is 68.9 cm³/mol. The number of carbonyl (C=O) groups excluding carboxylic acids is 1. The van der Waals surface area contributed by atoms with Gasteiger partial charge in [-0.05, 0) is 31.0 Å². The predicted octanol–water partition coefficient (Wildman–Crippen LogP) is 3.77. The quantitative estimate of drug-likeness (QED) is 0.885. The van der Waals surface area contributed by atoms with Crippen LogP contribution in [0.2, 0.25) is 5.02 Å². The molecule has 1 aromatic carbocycles. The molecule has 1 fully saturated rings. The standard InChI is InChI=1S/C12H13BrClNO/c13-8-5-6-10(11(14)7-8)12(16)15-9-3-1-2-4-9/h5-7,9H,1-4H2,(H,15,16). The minimum Gasteiger partial charge on any atom is -0.349 e. The van der Waals surface area contributed by atoms with E-state index in [9.17, 15) is 4.79 Å². The van der Waals surface area contributed by atoms with Gasteiger partial charge in [0.1, 0.15) is 0 Å². The highest BCUT2D eigenvalue weighted by atomic mass is 79.9. The van der Waals surface area contributed by atoms with Crippen molar-refractivity contribution in [3.63, 3.8) is 0 Å². The van der Waals surface area contributed by atoms with E-state index in [1.54, 1.807) is 12.1 Å². The second kappa shape index (κ2) is 5.19. The summed E-state index contributed by atoms with van der Waals surface area (Å²) in [5, 5.41) is 3.51. The second-order valence-electron chi connectivity index (χ2n) is 4.08. The fraction of sp³-hybridized carbons (Fsp3) is 0.417. The minimum atomic E-state index is -0.0654.